The minimum atomic E-state index is 0.0239. The van der Waals surface area contributed by atoms with E-state index in [2.05, 4.69) is 22.4 Å². The fourth-order valence-electron chi connectivity index (χ4n) is 1.55. The Hall–Kier alpha value is -1.69. The van der Waals surface area contributed by atoms with Gasteiger partial charge in [0.05, 0.1) is 6.54 Å². The van der Waals surface area contributed by atoms with E-state index in [9.17, 15) is 4.79 Å². The van der Waals surface area contributed by atoms with Gasteiger partial charge >= 0.3 is 0 Å². The van der Waals surface area contributed by atoms with E-state index in [0.29, 0.717) is 6.54 Å². The monoisotopic (exact) mass is 264 g/mol. The quantitative estimate of drug-likeness (QED) is 0.895. The van der Waals surface area contributed by atoms with Gasteiger partial charge in [-0.3, -0.25) is 4.79 Å². The molecule has 2 aromatic rings. The molecule has 18 heavy (non-hydrogen) atoms. The maximum atomic E-state index is 11.9. The Morgan fingerprint density at radius 3 is 3.06 bits per heavy atom. The van der Waals surface area contributed by atoms with E-state index in [0.717, 1.165) is 28.7 Å². The number of pyridine rings is 1. The van der Waals surface area contributed by atoms with Gasteiger partial charge in [-0.15, -0.1) is 10.2 Å². The summed E-state index contributed by atoms with van der Waals surface area (Å²) in [6.07, 6.45) is 2.82. The highest BCUT2D eigenvalue weighted by Gasteiger charge is 2.06. The maximum Gasteiger partial charge on any atom is 0.253 e. The Morgan fingerprint density at radius 2 is 2.28 bits per heavy atom. The van der Waals surface area contributed by atoms with Crippen molar-refractivity contribution in [2.75, 3.05) is 11.9 Å². The molecular formula is C12H16N4OS. The molecule has 2 rings (SSSR count). The van der Waals surface area contributed by atoms with Crippen LogP contribution in [0.4, 0.5) is 5.13 Å². The van der Waals surface area contributed by atoms with Crippen molar-refractivity contribution in [3.8, 4) is 0 Å². The fraction of sp³-hybridized carbons (Fsp3) is 0.417. The first-order chi connectivity index (χ1) is 8.70. The maximum absolute atomic E-state index is 11.9. The Kier molecular flexibility index (Phi) is 4.09. The minimum Gasteiger partial charge on any atom is -0.360 e. The van der Waals surface area contributed by atoms with Crippen LogP contribution in [0.5, 0.6) is 0 Å². The molecule has 0 atom stereocenters. The highest BCUT2D eigenvalue weighted by atomic mass is 32.1. The lowest BCUT2D eigenvalue weighted by Gasteiger charge is -2.02. The molecule has 0 fully saturated rings. The summed E-state index contributed by atoms with van der Waals surface area (Å²) in [4.78, 5) is 11.9. The van der Waals surface area contributed by atoms with Crippen LogP contribution in [-0.4, -0.2) is 21.3 Å². The molecule has 0 aliphatic heterocycles. The molecule has 6 heteroatoms. The molecule has 0 saturated heterocycles. The summed E-state index contributed by atoms with van der Waals surface area (Å²) in [5.74, 6) is 0. The second-order valence-corrected chi connectivity index (χ2v) is 5.11. The molecule has 0 bridgehead atoms. The molecule has 0 amide bonds. The lowest BCUT2D eigenvalue weighted by atomic mass is 10.3. The molecule has 0 aromatic carbocycles. The van der Waals surface area contributed by atoms with E-state index in [1.807, 2.05) is 19.1 Å². The second kappa shape index (κ2) is 5.77. The zero-order valence-corrected chi connectivity index (χ0v) is 11.3. The van der Waals surface area contributed by atoms with Crippen molar-refractivity contribution in [1.82, 2.24) is 14.8 Å². The average Bonchev–Trinajstić information content (AvgIpc) is 2.80. The van der Waals surface area contributed by atoms with Gasteiger partial charge in [0.1, 0.15) is 5.01 Å². The van der Waals surface area contributed by atoms with Crippen LogP contribution in [0.2, 0.25) is 0 Å². The molecule has 1 N–H and O–H groups in total. The summed E-state index contributed by atoms with van der Waals surface area (Å²) in [5.41, 5.74) is 0.766. The predicted octanol–water partition coefficient (Wildman–Crippen LogP) is 1.88. The van der Waals surface area contributed by atoms with Gasteiger partial charge in [-0.1, -0.05) is 24.3 Å². The fourth-order valence-corrected chi connectivity index (χ4v) is 2.31. The van der Waals surface area contributed by atoms with Gasteiger partial charge < -0.3 is 9.88 Å². The Balaban J connectivity index is 2.11. The van der Waals surface area contributed by atoms with Gasteiger partial charge in [0.15, 0.2) is 0 Å². The molecule has 2 aromatic heterocycles. The van der Waals surface area contributed by atoms with Gasteiger partial charge in [0.2, 0.25) is 5.13 Å². The van der Waals surface area contributed by atoms with Crippen LogP contribution in [0.1, 0.15) is 23.9 Å². The number of rotatable bonds is 5. The van der Waals surface area contributed by atoms with Gasteiger partial charge in [0.25, 0.3) is 5.56 Å². The van der Waals surface area contributed by atoms with E-state index in [1.165, 1.54) is 11.3 Å². The Morgan fingerprint density at radius 1 is 1.44 bits per heavy atom. The molecule has 5 nitrogen and oxygen atoms in total. The topological polar surface area (TPSA) is 59.8 Å². The number of aryl methyl sites for hydroxylation is 1. The van der Waals surface area contributed by atoms with Crippen molar-refractivity contribution in [2.24, 2.45) is 0 Å². The Bertz CT molecular complexity index is 575. The highest BCUT2D eigenvalue weighted by molar-refractivity contribution is 7.15. The van der Waals surface area contributed by atoms with Crippen LogP contribution < -0.4 is 10.9 Å². The van der Waals surface area contributed by atoms with Crippen LogP contribution in [0, 0.1) is 6.92 Å². The van der Waals surface area contributed by atoms with Crippen LogP contribution in [0.15, 0.2) is 23.1 Å². The molecule has 0 saturated carbocycles. The van der Waals surface area contributed by atoms with E-state index in [1.54, 1.807) is 10.8 Å². The van der Waals surface area contributed by atoms with Gasteiger partial charge in [-0.05, 0) is 19.4 Å². The number of hydrogen-bond acceptors (Lipinski definition) is 5. The average molecular weight is 264 g/mol. The van der Waals surface area contributed by atoms with Crippen LogP contribution in [0.25, 0.3) is 0 Å². The standard InChI is InChI=1S/C12H16N4OS/c1-3-6-13-12-15-14-10(18-12)8-16-7-4-5-9(2)11(16)17/h4-5,7H,3,6,8H2,1-2H3,(H,13,15). The van der Waals surface area contributed by atoms with Crippen LogP contribution >= 0.6 is 11.3 Å². The van der Waals surface area contributed by atoms with E-state index in [-0.39, 0.29) is 5.56 Å². The van der Waals surface area contributed by atoms with Crippen molar-refractivity contribution >= 4 is 16.5 Å². The number of aromatic nitrogens is 3. The van der Waals surface area contributed by atoms with Crippen LogP contribution in [-0.2, 0) is 6.54 Å². The largest absolute Gasteiger partial charge is 0.360 e. The third kappa shape index (κ3) is 2.95. The van der Waals surface area contributed by atoms with Gasteiger partial charge in [0, 0.05) is 18.3 Å². The molecule has 2 heterocycles. The van der Waals surface area contributed by atoms with Crippen molar-refractivity contribution in [1.29, 1.82) is 0 Å². The summed E-state index contributed by atoms with van der Waals surface area (Å²) in [7, 11) is 0. The number of hydrogen-bond donors (Lipinski definition) is 1. The zero-order chi connectivity index (χ0) is 13.0. The number of nitrogens with one attached hydrogen (secondary N) is 1. The lowest BCUT2D eigenvalue weighted by molar-refractivity contribution is 0.738. The molecule has 96 valence electrons. The van der Waals surface area contributed by atoms with Gasteiger partial charge in [-0.25, -0.2) is 0 Å². The number of nitrogens with zero attached hydrogens (tertiary/aromatic N) is 3. The molecule has 0 aliphatic carbocycles. The normalized spacial score (nSPS) is 10.6. The summed E-state index contributed by atoms with van der Waals surface area (Å²) in [5, 5.41) is 13.0. The highest BCUT2D eigenvalue weighted by Crippen LogP contribution is 2.15. The molecule has 0 spiro atoms. The first-order valence-electron chi connectivity index (χ1n) is 5.93. The predicted molar refractivity (Wildman–Crippen MR) is 73.2 cm³/mol. The van der Waals surface area contributed by atoms with E-state index >= 15 is 0 Å². The van der Waals surface area contributed by atoms with Crippen molar-refractivity contribution < 1.29 is 0 Å². The molecule has 0 aliphatic rings. The summed E-state index contributed by atoms with van der Waals surface area (Å²) in [6.45, 7) is 5.28. The third-order valence-electron chi connectivity index (χ3n) is 2.51. The van der Waals surface area contributed by atoms with E-state index < -0.39 is 0 Å². The lowest BCUT2D eigenvalue weighted by Crippen LogP contribution is -2.21. The smallest absolute Gasteiger partial charge is 0.253 e. The van der Waals surface area contributed by atoms with Crippen molar-refractivity contribution in [3.63, 3.8) is 0 Å². The molecule has 0 unspecified atom stereocenters. The Labute approximate surface area is 110 Å². The number of anilines is 1. The van der Waals surface area contributed by atoms with Gasteiger partial charge in [-0.2, -0.15) is 0 Å². The summed E-state index contributed by atoms with van der Waals surface area (Å²) >= 11 is 1.49. The minimum absolute atomic E-state index is 0.0239. The molecule has 0 radical (unpaired) electrons. The zero-order valence-electron chi connectivity index (χ0n) is 10.5. The van der Waals surface area contributed by atoms with E-state index in [4.69, 9.17) is 0 Å². The first-order valence-corrected chi connectivity index (χ1v) is 6.74. The van der Waals surface area contributed by atoms with Crippen molar-refractivity contribution in [2.45, 2.75) is 26.8 Å². The van der Waals surface area contributed by atoms with Crippen molar-refractivity contribution in [3.05, 3.63) is 39.3 Å². The summed E-state index contributed by atoms with van der Waals surface area (Å²) in [6, 6.07) is 3.68. The first kappa shape index (κ1) is 12.8. The summed E-state index contributed by atoms with van der Waals surface area (Å²) < 4.78 is 1.65. The second-order valence-electron chi connectivity index (χ2n) is 4.05. The molecular weight excluding hydrogens is 248 g/mol. The SMILES string of the molecule is CCCNc1nnc(Cn2cccc(C)c2=O)s1. The third-order valence-corrected chi connectivity index (χ3v) is 3.37. The van der Waals surface area contributed by atoms with Crippen LogP contribution in [0.3, 0.4) is 0 Å².